The minimum absolute atomic E-state index is 0.734. The summed E-state index contributed by atoms with van der Waals surface area (Å²) in [5.74, 6) is 0.921. The molecule has 0 fully saturated rings. The van der Waals surface area contributed by atoms with E-state index in [1.165, 1.54) is 28.3 Å². The molecule has 0 radical (unpaired) electrons. The summed E-state index contributed by atoms with van der Waals surface area (Å²) in [5.41, 5.74) is 2.51. The van der Waals surface area contributed by atoms with Gasteiger partial charge in [0.15, 0.2) is 5.11 Å². The zero-order valence-corrected chi connectivity index (χ0v) is 16.0. The average Bonchev–Trinajstić information content (AvgIpc) is 2.62. The second-order valence-electron chi connectivity index (χ2n) is 6.04. The van der Waals surface area contributed by atoms with Crippen molar-refractivity contribution in [1.82, 2.24) is 10.6 Å². The molecule has 0 aliphatic carbocycles. The highest BCUT2D eigenvalue weighted by Gasteiger charge is 2.11. The van der Waals surface area contributed by atoms with Crippen LogP contribution in [0.15, 0.2) is 43.0 Å². The quantitative estimate of drug-likeness (QED) is 0.397. The highest BCUT2D eigenvalue weighted by molar-refractivity contribution is 7.80. The van der Waals surface area contributed by atoms with Crippen LogP contribution in [-0.4, -0.2) is 25.3 Å². The number of methoxy groups -OCH3 is 1. The van der Waals surface area contributed by atoms with Gasteiger partial charge in [0.2, 0.25) is 0 Å². The van der Waals surface area contributed by atoms with E-state index >= 15 is 0 Å². The maximum absolute atomic E-state index is 5.56. The molecule has 0 aliphatic rings. The van der Waals surface area contributed by atoms with Crippen molar-refractivity contribution in [2.24, 2.45) is 0 Å². The number of benzene rings is 2. The molecular formula is C21H28N2OS. The molecule has 2 rings (SSSR count). The molecule has 25 heavy (non-hydrogen) atoms. The molecule has 0 aromatic heterocycles. The summed E-state index contributed by atoms with van der Waals surface area (Å²) in [6, 6.07) is 10.6. The van der Waals surface area contributed by atoms with Crippen LogP contribution in [0.4, 0.5) is 0 Å². The molecule has 0 saturated heterocycles. The Hall–Kier alpha value is -2.07. The van der Waals surface area contributed by atoms with Gasteiger partial charge in [-0.3, -0.25) is 0 Å². The molecule has 2 N–H and O–H groups in total. The Morgan fingerprint density at radius 1 is 1.20 bits per heavy atom. The van der Waals surface area contributed by atoms with E-state index in [2.05, 4.69) is 48.4 Å². The van der Waals surface area contributed by atoms with Crippen molar-refractivity contribution >= 4 is 28.1 Å². The first-order chi connectivity index (χ1) is 12.2. The molecule has 0 heterocycles. The molecule has 0 spiro atoms. The van der Waals surface area contributed by atoms with Gasteiger partial charge < -0.3 is 15.4 Å². The minimum atomic E-state index is 0.734. The molecule has 2 aromatic carbocycles. The Bertz CT molecular complexity index is 727. The summed E-state index contributed by atoms with van der Waals surface area (Å²) in [7, 11) is 1.72. The first-order valence-electron chi connectivity index (χ1n) is 8.91. The summed E-state index contributed by atoms with van der Waals surface area (Å²) in [6.45, 7) is 7.81. The molecule has 0 aliphatic heterocycles. The van der Waals surface area contributed by atoms with Crippen LogP contribution in [0, 0.1) is 0 Å². The SMILES string of the molecule is C=CCc1c(OC)ccc2cccc(CCNC(=S)NCCCC)c12. The zero-order chi connectivity index (χ0) is 18.1. The Morgan fingerprint density at radius 2 is 2.00 bits per heavy atom. The standard InChI is InChI=1S/C21H28N2OS/c1-4-6-14-22-21(25)23-15-13-17-10-7-9-16-11-12-19(24-3)18(8-5-2)20(16)17/h5,7,9-12H,2,4,6,8,13-15H2,1,3H3,(H2,22,23,25). The van der Waals surface area contributed by atoms with Gasteiger partial charge >= 0.3 is 0 Å². The lowest BCUT2D eigenvalue weighted by Gasteiger charge is -2.15. The lowest BCUT2D eigenvalue weighted by atomic mass is 9.95. The third-order valence-electron chi connectivity index (χ3n) is 4.26. The molecule has 2 aromatic rings. The summed E-state index contributed by atoms with van der Waals surface area (Å²) in [5, 5.41) is 9.79. The zero-order valence-electron chi connectivity index (χ0n) is 15.2. The highest BCUT2D eigenvalue weighted by Crippen LogP contribution is 2.31. The molecule has 0 atom stereocenters. The number of fused-ring (bicyclic) bond motifs is 1. The molecule has 0 amide bonds. The maximum Gasteiger partial charge on any atom is 0.166 e. The predicted octanol–water partition coefficient (Wildman–Crippen LogP) is 4.38. The van der Waals surface area contributed by atoms with Crippen LogP contribution in [0.5, 0.6) is 5.75 Å². The Morgan fingerprint density at radius 3 is 2.72 bits per heavy atom. The van der Waals surface area contributed by atoms with E-state index in [1.54, 1.807) is 7.11 Å². The van der Waals surface area contributed by atoms with Gasteiger partial charge in [-0.05, 0) is 53.9 Å². The van der Waals surface area contributed by atoms with Crippen LogP contribution in [0.2, 0.25) is 0 Å². The second-order valence-corrected chi connectivity index (χ2v) is 6.45. The van der Waals surface area contributed by atoms with Crippen LogP contribution in [0.25, 0.3) is 10.8 Å². The van der Waals surface area contributed by atoms with E-state index < -0.39 is 0 Å². The largest absolute Gasteiger partial charge is 0.496 e. The number of nitrogens with one attached hydrogen (secondary N) is 2. The smallest absolute Gasteiger partial charge is 0.166 e. The number of allylic oxidation sites excluding steroid dienone is 1. The van der Waals surface area contributed by atoms with Gasteiger partial charge in [-0.2, -0.15) is 0 Å². The van der Waals surface area contributed by atoms with Gasteiger partial charge in [0, 0.05) is 18.7 Å². The third kappa shape index (κ3) is 5.20. The van der Waals surface area contributed by atoms with Crippen molar-refractivity contribution in [1.29, 1.82) is 0 Å². The number of thiocarbonyl (C=S) groups is 1. The van der Waals surface area contributed by atoms with E-state index in [4.69, 9.17) is 17.0 Å². The van der Waals surface area contributed by atoms with E-state index in [-0.39, 0.29) is 0 Å². The van der Waals surface area contributed by atoms with Crippen LogP contribution in [0.3, 0.4) is 0 Å². The molecule has 134 valence electrons. The summed E-state index contributed by atoms with van der Waals surface area (Å²) < 4.78 is 5.56. The third-order valence-corrected chi connectivity index (χ3v) is 4.55. The molecule has 0 bridgehead atoms. The summed E-state index contributed by atoms with van der Waals surface area (Å²) >= 11 is 5.33. The number of ether oxygens (including phenoxy) is 1. The van der Waals surface area contributed by atoms with Crippen LogP contribution in [-0.2, 0) is 12.8 Å². The van der Waals surface area contributed by atoms with E-state index in [0.717, 1.165) is 43.2 Å². The van der Waals surface area contributed by atoms with E-state index in [9.17, 15) is 0 Å². The molecule has 0 saturated carbocycles. The molecule has 4 heteroatoms. The summed E-state index contributed by atoms with van der Waals surface area (Å²) in [4.78, 5) is 0. The van der Waals surface area contributed by atoms with Gasteiger partial charge in [-0.25, -0.2) is 0 Å². The monoisotopic (exact) mass is 356 g/mol. The maximum atomic E-state index is 5.56. The van der Waals surface area contributed by atoms with Crippen molar-refractivity contribution in [2.75, 3.05) is 20.2 Å². The highest BCUT2D eigenvalue weighted by atomic mass is 32.1. The van der Waals surface area contributed by atoms with Gasteiger partial charge in [-0.1, -0.05) is 43.7 Å². The first-order valence-corrected chi connectivity index (χ1v) is 9.32. The van der Waals surface area contributed by atoms with Gasteiger partial charge in [0.1, 0.15) is 5.75 Å². The van der Waals surface area contributed by atoms with Crippen molar-refractivity contribution in [3.05, 3.63) is 54.1 Å². The molecule has 0 unspecified atom stereocenters. The van der Waals surface area contributed by atoms with Crippen LogP contribution >= 0.6 is 12.2 Å². The van der Waals surface area contributed by atoms with Gasteiger partial charge in [0.05, 0.1) is 7.11 Å². The fourth-order valence-electron chi connectivity index (χ4n) is 3.01. The second kappa shape index (κ2) is 10.0. The van der Waals surface area contributed by atoms with E-state index in [0.29, 0.717) is 0 Å². The normalized spacial score (nSPS) is 10.5. The van der Waals surface area contributed by atoms with Crippen LogP contribution < -0.4 is 15.4 Å². The lowest BCUT2D eigenvalue weighted by molar-refractivity contribution is 0.411. The first kappa shape index (κ1) is 19.3. The Kier molecular flexibility index (Phi) is 7.74. The Balaban J connectivity index is 2.15. The summed E-state index contributed by atoms with van der Waals surface area (Å²) in [6.07, 6.45) is 5.93. The number of unbranched alkanes of at least 4 members (excludes halogenated alkanes) is 1. The number of hydrogen-bond donors (Lipinski definition) is 2. The number of hydrogen-bond acceptors (Lipinski definition) is 2. The lowest BCUT2D eigenvalue weighted by Crippen LogP contribution is -2.36. The van der Waals surface area contributed by atoms with Crippen molar-refractivity contribution in [2.45, 2.75) is 32.6 Å². The fourth-order valence-corrected chi connectivity index (χ4v) is 3.22. The number of rotatable bonds is 9. The predicted molar refractivity (Wildman–Crippen MR) is 112 cm³/mol. The van der Waals surface area contributed by atoms with Crippen LogP contribution in [0.1, 0.15) is 30.9 Å². The van der Waals surface area contributed by atoms with Crippen molar-refractivity contribution < 1.29 is 4.74 Å². The topological polar surface area (TPSA) is 33.3 Å². The fraction of sp³-hybridized carbons (Fsp3) is 0.381. The van der Waals surface area contributed by atoms with Gasteiger partial charge in [-0.15, -0.1) is 6.58 Å². The average molecular weight is 357 g/mol. The van der Waals surface area contributed by atoms with Crippen molar-refractivity contribution in [3.8, 4) is 5.75 Å². The molecular weight excluding hydrogens is 328 g/mol. The minimum Gasteiger partial charge on any atom is -0.496 e. The van der Waals surface area contributed by atoms with Gasteiger partial charge in [0.25, 0.3) is 0 Å². The molecule has 3 nitrogen and oxygen atoms in total. The van der Waals surface area contributed by atoms with Crippen molar-refractivity contribution in [3.63, 3.8) is 0 Å². The van der Waals surface area contributed by atoms with E-state index in [1.807, 2.05) is 12.1 Å². The Labute approximate surface area is 156 Å².